The van der Waals surface area contributed by atoms with Crippen LogP contribution in [0.5, 0.6) is 5.75 Å². The van der Waals surface area contributed by atoms with Crippen molar-refractivity contribution < 1.29 is 13.5 Å². The molecule has 0 aromatic heterocycles. The molecule has 0 aliphatic carbocycles. The number of ether oxygens (including phenoxy) is 1. The zero-order valence-corrected chi connectivity index (χ0v) is 11.2. The Morgan fingerprint density at radius 1 is 1.05 bits per heavy atom. The highest BCUT2D eigenvalue weighted by Crippen LogP contribution is 2.21. The summed E-state index contributed by atoms with van der Waals surface area (Å²) in [6, 6.07) is 9.95. The first-order chi connectivity index (χ1) is 9.06. The Kier molecular flexibility index (Phi) is 4.13. The molecular weight excluding hydrogens is 316 g/mol. The number of benzene rings is 2. The number of rotatable bonds is 3. The predicted octanol–water partition coefficient (Wildman–Crippen LogP) is 4.18. The highest BCUT2D eigenvalue weighted by Gasteiger charge is 2.04. The molecule has 0 spiro atoms. The van der Waals surface area contributed by atoms with Crippen LogP contribution in [0.3, 0.4) is 0 Å². The Morgan fingerprint density at radius 2 is 1.79 bits per heavy atom. The lowest BCUT2D eigenvalue weighted by molar-refractivity contribution is 0.303. The van der Waals surface area contributed by atoms with Crippen molar-refractivity contribution in [3.8, 4) is 11.8 Å². The molecule has 0 amide bonds. The van der Waals surface area contributed by atoms with Crippen LogP contribution >= 0.6 is 15.9 Å². The fraction of sp³-hybridized carbons (Fsp3) is 0.0714. The summed E-state index contributed by atoms with van der Waals surface area (Å²) in [6.07, 6.45) is 0. The fourth-order valence-electron chi connectivity index (χ4n) is 1.58. The molecular formula is C14H8BrF2NO. The molecule has 0 aliphatic heterocycles. The average molecular weight is 324 g/mol. The molecule has 0 fully saturated rings. The molecule has 5 heteroatoms. The average Bonchev–Trinajstić information content (AvgIpc) is 2.34. The second kappa shape index (κ2) is 5.81. The van der Waals surface area contributed by atoms with Crippen LogP contribution in [0.2, 0.25) is 0 Å². The third-order valence-corrected chi connectivity index (χ3v) is 2.79. The Morgan fingerprint density at radius 3 is 2.47 bits per heavy atom. The minimum atomic E-state index is -0.502. The van der Waals surface area contributed by atoms with Crippen molar-refractivity contribution in [1.29, 1.82) is 5.26 Å². The summed E-state index contributed by atoms with van der Waals surface area (Å²) in [5.41, 5.74) is 0.732. The van der Waals surface area contributed by atoms with Crippen molar-refractivity contribution in [3.05, 3.63) is 63.6 Å². The van der Waals surface area contributed by atoms with Crippen LogP contribution in [0.1, 0.15) is 11.1 Å². The smallest absolute Gasteiger partial charge is 0.128 e. The number of nitriles is 1. The van der Waals surface area contributed by atoms with Gasteiger partial charge in [0.2, 0.25) is 0 Å². The lowest BCUT2D eigenvalue weighted by Gasteiger charge is -2.07. The van der Waals surface area contributed by atoms with Crippen molar-refractivity contribution in [1.82, 2.24) is 0 Å². The van der Waals surface area contributed by atoms with E-state index in [0.717, 1.165) is 6.07 Å². The molecule has 0 N–H and O–H groups in total. The van der Waals surface area contributed by atoms with Crippen molar-refractivity contribution in [2.45, 2.75) is 6.61 Å². The van der Waals surface area contributed by atoms with Crippen LogP contribution in [0.15, 0.2) is 40.9 Å². The molecule has 0 unspecified atom stereocenters. The second-order valence-electron chi connectivity index (χ2n) is 3.85. The van der Waals surface area contributed by atoms with E-state index < -0.39 is 11.6 Å². The van der Waals surface area contributed by atoms with Gasteiger partial charge < -0.3 is 4.74 Å². The maximum Gasteiger partial charge on any atom is 0.128 e. The van der Waals surface area contributed by atoms with Crippen LogP contribution in [-0.2, 0) is 6.61 Å². The SMILES string of the molecule is N#Cc1cc(F)cc(COc2cc(F)cc(Br)c2)c1. The Hall–Kier alpha value is -1.93. The molecule has 2 aromatic carbocycles. The number of hydrogen-bond acceptors (Lipinski definition) is 2. The van der Waals surface area contributed by atoms with Gasteiger partial charge in [-0.3, -0.25) is 0 Å². The largest absolute Gasteiger partial charge is 0.489 e. The van der Waals surface area contributed by atoms with E-state index in [1.807, 2.05) is 6.07 Å². The Labute approximate surface area is 117 Å². The molecule has 19 heavy (non-hydrogen) atoms. The molecule has 0 radical (unpaired) electrons. The monoisotopic (exact) mass is 323 g/mol. The van der Waals surface area contributed by atoms with Gasteiger partial charge in [0.25, 0.3) is 0 Å². The van der Waals surface area contributed by atoms with Gasteiger partial charge in [-0.05, 0) is 35.9 Å². The minimum Gasteiger partial charge on any atom is -0.489 e. The van der Waals surface area contributed by atoms with Gasteiger partial charge >= 0.3 is 0 Å². The third-order valence-electron chi connectivity index (χ3n) is 2.33. The van der Waals surface area contributed by atoms with Gasteiger partial charge in [-0.25, -0.2) is 8.78 Å². The van der Waals surface area contributed by atoms with E-state index in [1.54, 1.807) is 6.07 Å². The summed E-state index contributed by atoms with van der Waals surface area (Å²) in [5.74, 6) is -0.603. The fourth-order valence-corrected chi connectivity index (χ4v) is 2.02. The minimum absolute atomic E-state index is 0.0579. The van der Waals surface area contributed by atoms with Gasteiger partial charge in [0, 0.05) is 10.5 Å². The molecule has 0 bridgehead atoms. The van der Waals surface area contributed by atoms with Crippen molar-refractivity contribution in [3.63, 3.8) is 0 Å². The predicted molar refractivity (Wildman–Crippen MR) is 69.5 cm³/mol. The summed E-state index contributed by atoms with van der Waals surface area (Å²) in [6.45, 7) is 0.0579. The van der Waals surface area contributed by atoms with Gasteiger partial charge in [-0.15, -0.1) is 0 Å². The summed E-state index contributed by atoms with van der Waals surface area (Å²) in [7, 11) is 0. The standard InChI is InChI=1S/C14H8BrF2NO/c15-11-4-13(17)6-14(5-11)19-8-10-1-9(7-18)2-12(16)3-10/h1-6H,8H2. The Bertz CT molecular complexity index is 632. The quantitative estimate of drug-likeness (QED) is 0.849. The van der Waals surface area contributed by atoms with Gasteiger partial charge in [0.1, 0.15) is 24.0 Å². The van der Waals surface area contributed by atoms with E-state index in [1.165, 1.54) is 24.3 Å². The van der Waals surface area contributed by atoms with Crippen molar-refractivity contribution >= 4 is 15.9 Å². The van der Waals surface area contributed by atoms with E-state index in [4.69, 9.17) is 10.00 Å². The highest BCUT2D eigenvalue weighted by atomic mass is 79.9. The first-order valence-corrected chi connectivity index (χ1v) is 6.14. The van der Waals surface area contributed by atoms with E-state index in [-0.39, 0.29) is 12.2 Å². The van der Waals surface area contributed by atoms with E-state index in [9.17, 15) is 8.78 Å². The van der Waals surface area contributed by atoms with Crippen LogP contribution in [0.4, 0.5) is 8.78 Å². The van der Waals surface area contributed by atoms with Gasteiger partial charge in [-0.1, -0.05) is 15.9 Å². The second-order valence-corrected chi connectivity index (χ2v) is 4.77. The van der Waals surface area contributed by atoms with E-state index in [0.29, 0.717) is 15.8 Å². The molecule has 2 aromatic rings. The number of nitrogens with zero attached hydrogens (tertiary/aromatic N) is 1. The lowest BCUT2D eigenvalue weighted by Crippen LogP contribution is -1.97. The van der Waals surface area contributed by atoms with E-state index in [2.05, 4.69) is 15.9 Å². The zero-order chi connectivity index (χ0) is 13.8. The van der Waals surface area contributed by atoms with Crippen LogP contribution < -0.4 is 4.74 Å². The van der Waals surface area contributed by atoms with Crippen LogP contribution in [-0.4, -0.2) is 0 Å². The maximum atomic E-state index is 13.2. The zero-order valence-electron chi connectivity index (χ0n) is 9.66. The van der Waals surface area contributed by atoms with Gasteiger partial charge in [-0.2, -0.15) is 5.26 Å². The highest BCUT2D eigenvalue weighted by molar-refractivity contribution is 9.10. The lowest BCUT2D eigenvalue weighted by atomic mass is 10.1. The molecule has 0 heterocycles. The first kappa shape index (κ1) is 13.5. The first-order valence-electron chi connectivity index (χ1n) is 5.35. The maximum absolute atomic E-state index is 13.2. The number of halogens is 3. The third kappa shape index (κ3) is 3.76. The number of hydrogen-bond donors (Lipinski definition) is 0. The van der Waals surface area contributed by atoms with Crippen molar-refractivity contribution in [2.75, 3.05) is 0 Å². The molecule has 2 rings (SSSR count). The summed E-state index contributed by atoms with van der Waals surface area (Å²) in [5, 5.41) is 8.73. The summed E-state index contributed by atoms with van der Waals surface area (Å²) in [4.78, 5) is 0. The normalized spacial score (nSPS) is 10.0. The molecule has 96 valence electrons. The molecule has 0 saturated carbocycles. The van der Waals surface area contributed by atoms with Crippen molar-refractivity contribution in [2.24, 2.45) is 0 Å². The molecule has 0 saturated heterocycles. The topological polar surface area (TPSA) is 33.0 Å². The molecule has 0 atom stereocenters. The Balaban J connectivity index is 2.14. The van der Waals surface area contributed by atoms with E-state index >= 15 is 0 Å². The van der Waals surface area contributed by atoms with Crippen LogP contribution in [0.25, 0.3) is 0 Å². The summed E-state index contributed by atoms with van der Waals surface area (Å²) >= 11 is 3.15. The van der Waals surface area contributed by atoms with Gasteiger partial charge in [0.05, 0.1) is 11.6 Å². The molecule has 0 aliphatic rings. The van der Waals surface area contributed by atoms with Gasteiger partial charge in [0.15, 0.2) is 0 Å². The molecule has 2 nitrogen and oxygen atoms in total. The summed E-state index contributed by atoms with van der Waals surface area (Å²) < 4.78 is 32.2. The van der Waals surface area contributed by atoms with Crippen LogP contribution in [0, 0.1) is 23.0 Å².